The van der Waals surface area contributed by atoms with Gasteiger partial charge in [0.2, 0.25) is 5.95 Å². The van der Waals surface area contributed by atoms with Crippen LogP contribution >= 0.6 is 11.6 Å². The minimum Gasteiger partial charge on any atom is -0.384 e. The Morgan fingerprint density at radius 3 is 2.75 bits per heavy atom. The predicted octanol–water partition coefficient (Wildman–Crippen LogP) is 4.73. The molecule has 1 fully saturated rings. The average molecular weight is 504 g/mol. The summed E-state index contributed by atoms with van der Waals surface area (Å²) in [4.78, 5) is 23.2. The topological polar surface area (TPSA) is 79.3 Å². The molecule has 0 bridgehead atoms. The Hall–Kier alpha value is -3.49. The van der Waals surface area contributed by atoms with Crippen molar-refractivity contribution in [3.05, 3.63) is 77.3 Å². The molecule has 1 saturated heterocycles. The van der Waals surface area contributed by atoms with E-state index in [1.807, 2.05) is 61.8 Å². The quantitative estimate of drug-likeness (QED) is 0.328. The second-order valence-corrected chi connectivity index (χ2v) is 9.25. The standard InChI is InChI=1S/C27H30ClN7O/c1-20-17-26(34-13-15-36-16-14-34)33-27(32-20)35(19-22-5-2-3-9-29-22)12-4-10-30-24-8-11-31-25-18-21(28)6-7-23(24)25/h2-3,5-9,11,17-18H,4,10,12-16,19H2,1H3,(H,30,31). The Labute approximate surface area is 216 Å². The molecule has 5 rings (SSSR count). The number of fused-ring (bicyclic) bond motifs is 1. The molecule has 1 aliphatic heterocycles. The highest BCUT2D eigenvalue weighted by Crippen LogP contribution is 2.25. The number of hydrogen-bond acceptors (Lipinski definition) is 8. The van der Waals surface area contributed by atoms with Crippen LogP contribution < -0.4 is 15.1 Å². The molecule has 0 amide bonds. The third-order valence-corrected chi connectivity index (χ3v) is 6.39. The number of halogens is 1. The van der Waals surface area contributed by atoms with Crippen LogP contribution in [-0.2, 0) is 11.3 Å². The van der Waals surface area contributed by atoms with Crippen molar-refractivity contribution >= 4 is 40.0 Å². The highest BCUT2D eigenvalue weighted by atomic mass is 35.5. The third-order valence-electron chi connectivity index (χ3n) is 6.15. The molecular weight excluding hydrogens is 474 g/mol. The summed E-state index contributed by atoms with van der Waals surface area (Å²) in [6.07, 6.45) is 4.53. The minimum atomic E-state index is 0.642. The van der Waals surface area contributed by atoms with Gasteiger partial charge < -0.3 is 19.9 Å². The number of morpholine rings is 1. The lowest BCUT2D eigenvalue weighted by Gasteiger charge is -2.29. The normalized spacial score (nSPS) is 13.7. The van der Waals surface area contributed by atoms with Gasteiger partial charge in [-0.1, -0.05) is 17.7 Å². The maximum Gasteiger partial charge on any atom is 0.227 e. The zero-order chi connectivity index (χ0) is 24.7. The van der Waals surface area contributed by atoms with Crippen LogP contribution in [0, 0.1) is 6.92 Å². The van der Waals surface area contributed by atoms with Crippen molar-refractivity contribution in [2.45, 2.75) is 19.9 Å². The zero-order valence-electron chi connectivity index (χ0n) is 20.4. The van der Waals surface area contributed by atoms with Crippen LogP contribution in [0.2, 0.25) is 5.02 Å². The molecule has 0 spiro atoms. The van der Waals surface area contributed by atoms with Crippen molar-refractivity contribution in [3.63, 3.8) is 0 Å². The molecule has 0 radical (unpaired) electrons. The van der Waals surface area contributed by atoms with E-state index in [2.05, 4.69) is 31.2 Å². The van der Waals surface area contributed by atoms with E-state index >= 15 is 0 Å². The Balaban J connectivity index is 1.31. The third kappa shape index (κ3) is 6.01. The van der Waals surface area contributed by atoms with Crippen molar-refractivity contribution in [1.82, 2.24) is 19.9 Å². The summed E-state index contributed by atoms with van der Waals surface area (Å²) in [7, 11) is 0. The second kappa shape index (κ2) is 11.5. The SMILES string of the molecule is Cc1cc(N2CCOCC2)nc(N(CCCNc2ccnc3cc(Cl)ccc23)Cc2ccccn2)n1. The van der Waals surface area contributed by atoms with Crippen LogP contribution in [0.1, 0.15) is 17.8 Å². The summed E-state index contributed by atoms with van der Waals surface area (Å²) in [6.45, 7) is 7.36. The molecule has 0 aliphatic carbocycles. The lowest BCUT2D eigenvalue weighted by Crippen LogP contribution is -2.37. The summed E-state index contributed by atoms with van der Waals surface area (Å²) in [6, 6.07) is 15.8. The maximum atomic E-state index is 6.14. The van der Waals surface area contributed by atoms with Crippen LogP contribution in [0.5, 0.6) is 0 Å². The Bertz CT molecular complexity index is 1300. The molecule has 9 heteroatoms. The van der Waals surface area contributed by atoms with E-state index in [1.165, 1.54) is 0 Å². The smallest absolute Gasteiger partial charge is 0.227 e. The number of aromatic nitrogens is 4. The molecule has 4 aromatic rings. The van der Waals surface area contributed by atoms with Crippen LogP contribution in [-0.4, -0.2) is 59.3 Å². The molecule has 0 saturated carbocycles. The van der Waals surface area contributed by atoms with Gasteiger partial charge in [-0.3, -0.25) is 9.97 Å². The number of ether oxygens (including phenoxy) is 1. The highest BCUT2D eigenvalue weighted by molar-refractivity contribution is 6.31. The summed E-state index contributed by atoms with van der Waals surface area (Å²) >= 11 is 6.14. The van der Waals surface area contributed by atoms with E-state index in [-0.39, 0.29) is 0 Å². The van der Waals surface area contributed by atoms with Gasteiger partial charge in [0.25, 0.3) is 0 Å². The predicted molar refractivity (Wildman–Crippen MR) is 145 cm³/mol. The first-order valence-corrected chi connectivity index (χ1v) is 12.6. The average Bonchev–Trinajstić information content (AvgIpc) is 2.91. The number of nitrogens with one attached hydrogen (secondary N) is 1. The van der Waals surface area contributed by atoms with Crippen molar-refractivity contribution in [1.29, 1.82) is 0 Å². The van der Waals surface area contributed by atoms with E-state index in [0.717, 1.165) is 85.6 Å². The molecule has 186 valence electrons. The number of anilines is 3. The molecule has 36 heavy (non-hydrogen) atoms. The van der Waals surface area contributed by atoms with E-state index < -0.39 is 0 Å². The molecular formula is C27H30ClN7O. The first-order valence-electron chi connectivity index (χ1n) is 12.3. The number of pyridine rings is 2. The zero-order valence-corrected chi connectivity index (χ0v) is 21.2. The highest BCUT2D eigenvalue weighted by Gasteiger charge is 2.18. The lowest BCUT2D eigenvalue weighted by atomic mass is 10.2. The summed E-state index contributed by atoms with van der Waals surface area (Å²) in [5, 5.41) is 5.31. The van der Waals surface area contributed by atoms with Crippen LogP contribution in [0.15, 0.2) is 60.9 Å². The largest absolute Gasteiger partial charge is 0.384 e. The van der Waals surface area contributed by atoms with Crippen LogP contribution in [0.3, 0.4) is 0 Å². The molecule has 1 aromatic carbocycles. The van der Waals surface area contributed by atoms with Gasteiger partial charge in [0.1, 0.15) is 5.82 Å². The van der Waals surface area contributed by atoms with Crippen molar-refractivity contribution in [3.8, 4) is 0 Å². The number of benzene rings is 1. The van der Waals surface area contributed by atoms with E-state index in [0.29, 0.717) is 11.6 Å². The summed E-state index contributed by atoms with van der Waals surface area (Å²) < 4.78 is 5.52. The number of nitrogens with zero attached hydrogens (tertiary/aromatic N) is 6. The summed E-state index contributed by atoms with van der Waals surface area (Å²) in [5.41, 5.74) is 3.87. The fourth-order valence-electron chi connectivity index (χ4n) is 4.34. The van der Waals surface area contributed by atoms with Gasteiger partial charge in [0.05, 0.1) is 31.0 Å². The number of rotatable bonds is 9. The van der Waals surface area contributed by atoms with Crippen LogP contribution in [0.25, 0.3) is 10.9 Å². The van der Waals surface area contributed by atoms with Crippen LogP contribution in [0.4, 0.5) is 17.5 Å². The number of aryl methyl sites for hydroxylation is 1. The van der Waals surface area contributed by atoms with E-state index in [9.17, 15) is 0 Å². The fraction of sp³-hybridized carbons (Fsp3) is 0.333. The number of hydrogen-bond donors (Lipinski definition) is 1. The lowest BCUT2D eigenvalue weighted by molar-refractivity contribution is 0.122. The van der Waals surface area contributed by atoms with Gasteiger partial charge in [0.15, 0.2) is 0 Å². The molecule has 1 N–H and O–H groups in total. The van der Waals surface area contributed by atoms with E-state index in [4.69, 9.17) is 26.3 Å². The fourth-order valence-corrected chi connectivity index (χ4v) is 4.50. The molecule has 4 heterocycles. The Morgan fingerprint density at radius 1 is 1.03 bits per heavy atom. The first-order chi connectivity index (χ1) is 17.7. The van der Waals surface area contributed by atoms with E-state index in [1.54, 1.807) is 0 Å². The maximum absolute atomic E-state index is 6.14. The minimum absolute atomic E-state index is 0.642. The Morgan fingerprint density at radius 2 is 1.92 bits per heavy atom. The van der Waals surface area contributed by atoms with Gasteiger partial charge in [0, 0.05) is 66.4 Å². The molecule has 0 unspecified atom stereocenters. The first kappa shape index (κ1) is 24.2. The second-order valence-electron chi connectivity index (χ2n) is 8.81. The van der Waals surface area contributed by atoms with Crippen molar-refractivity contribution in [2.24, 2.45) is 0 Å². The van der Waals surface area contributed by atoms with Gasteiger partial charge in [-0.05, 0) is 49.7 Å². The van der Waals surface area contributed by atoms with Gasteiger partial charge >= 0.3 is 0 Å². The monoisotopic (exact) mass is 503 g/mol. The molecule has 8 nitrogen and oxygen atoms in total. The van der Waals surface area contributed by atoms with Gasteiger partial charge in [-0.2, -0.15) is 4.98 Å². The molecule has 1 aliphatic rings. The molecule has 0 atom stereocenters. The Kier molecular flexibility index (Phi) is 7.73. The van der Waals surface area contributed by atoms with Gasteiger partial charge in [-0.15, -0.1) is 0 Å². The molecule has 3 aromatic heterocycles. The summed E-state index contributed by atoms with van der Waals surface area (Å²) in [5.74, 6) is 1.68. The van der Waals surface area contributed by atoms with Crippen molar-refractivity contribution in [2.75, 3.05) is 54.5 Å². The van der Waals surface area contributed by atoms with Gasteiger partial charge in [-0.25, -0.2) is 4.98 Å². The van der Waals surface area contributed by atoms with Crippen molar-refractivity contribution < 1.29 is 4.74 Å².